The normalized spacial score (nSPS) is 11.7. The number of benzene rings is 1. The van der Waals surface area contributed by atoms with Gasteiger partial charge in [-0.05, 0) is 31.2 Å². The zero-order valence-corrected chi connectivity index (χ0v) is 9.60. The summed E-state index contributed by atoms with van der Waals surface area (Å²) >= 11 is 0. The highest BCUT2D eigenvalue weighted by atomic mass is 19.1. The number of carbonyl (C=O) groups is 2. The fourth-order valence-electron chi connectivity index (χ4n) is 1.20. The minimum Gasteiger partial charge on any atom is -0.469 e. The number of hydrogen-bond acceptors (Lipinski definition) is 4. The molecule has 0 saturated heterocycles. The first kappa shape index (κ1) is 13.2. The van der Waals surface area contributed by atoms with Crippen molar-refractivity contribution in [2.45, 2.75) is 19.4 Å². The molecule has 1 aromatic rings. The Balaban J connectivity index is 2.54. The van der Waals surface area contributed by atoms with Crippen LogP contribution in [0.5, 0.6) is 0 Å². The van der Waals surface area contributed by atoms with Gasteiger partial charge in [0.2, 0.25) is 0 Å². The van der Waals surface area contributed by atoms with Crippen LogP contribution in [-0.4, -0.2) is 25.2 Å². The van der Waals surface area contributed by atoms with Gasteiger partial charge in [0.15, 0.2) is 0 Å². The lowest BCUT2D eigenvalue weighted by Gasteiger charge is -2.11. The SMILES string of the molecule is COC(=O)C[C@@H](C)OC(=O)c1ccc(F)cc1. The molecule has 0 aliphatic rings. The molecule has 0 fully saturated rings. The topological polar surface area (TPSA) is 52.6 Å². The molecule has 0 heterocycles. The predicted molar refractivity (Wildman–Crippen MR) is 57.9 cm³/mol. The van der Waals surface area contributed by atoms with E-state index in [-0.39, 0.29) is 12.0 Å². The van der Waals surface area contributed by atoms with Crippen molar-refractivity contribution in [3.8, 4) is 0 Å². The van der Waals surface area contributed by atoms with Crippen molar-refractivity contribution >= 4 is 11.9 Å². The Morgan fingerprint density at radius 1 is 1.29 bits per heavy atom. The molecule has 5 heteroatoms. The summed E-state index contributed by atoms with van der Waals surface area (Å²) in [6.07, 6.45) is -0.594. The summed E-state index contributed by atoms with van der Waals surface area (Å²) in [4.78, 5) is 22.5. The van der Waals surface area contributed by atoms with Crippen LogP contribution < -0.4 is 0 Å². The minimum atomic E-state index is -0.596. The molecule has 0 N–H and O–H groups in total. The molecule has 0 unspecified atom stereocenters. The summed E-state index contributed by atoms with van der Waals surface area (Å²) in [5.41, 5.74) is 0.239. The van der Waals surface area contributed by atoms with Crippen LogP contribution in [0.25, 0.3) is 0 Å². The molecule has 92 valence electrons. The molecular formula is C12H13FO4. The largest absolute Gasteiger partial charge is 0.469 e. The van der Waals surface area contributed by atoms with Crippen molar-refractivity contribution in [3.63, 3.8) is 0 Å². The third kappa shape index (κ3) is 4.22. The second-order valence-corrected chi connectivity index (χ2v) is 3.50. The molecule has 0 spiro atoms. The second-order valence-electron chi connectivity index (χ2n) is 3.50. The van der Waals surface area contributed by atoms with Crippen LogP contribution in [0.1, 0.15) is 23.7 Å². The highest BCUT2D eigenvalue weighted by Gasteiger charge is 2.15. The number of halogens is 1. The van der Waals surface area contributed by atoms with Gasteiger partial charge < -0.3 is 9.47 Å². The van der Waals surface area contributed by atoms with Crippen molar-refractivity contribution in [2.24, 2.45) is 0 Å². The van der Waals surface area contributed by atoms with Crippen LogP contribution >= 0.6 is 0 Å². The molecule has 1 rings (SSSR count). The Hall–Kier alpha value is -1.91. The molecule has 4 nitrogen and oxygen atoms in total. The van der Waals surface area contributed by atoms with E-state index in [0.29, 0.717) is 0 Å². The molecule has 1 atom stereocenters. The van der Waals surface area contributed by atoms with Gasteiger partial charge in [0.25, 0.3) is 0 Å². The van der Waals surface area contributed by atoms with Crippen molar-refractivity contribution in [2.75, 3.05) is 7.11 Å². The molecule has 0 aliphatic heterocycles. The standard InChI is InChI=1S/C12H13FO4/c1-8(7-11(14)16-2)17-12(15)9-3-5-10(13)6-4-9/h3-6,8H,7H2,1-2H3/t8-/m1/s1. The number of carbonyl (C=O) groups excluding carboxylic acids is 2. The molecule has 17 heavy (non-hydrogen) atoms. The summed E-state index contributed by atoms with van der Waals surface area (Å²) in [6.45, 7) is 1.58. The smallest absolute Gasteiger partial charge is 0.338 e. The average molecular weight is 240 g/mol. The zero-order chi connectivity index (χ0) is 12.8. The lowest BCUT2D eigenvalue weighted by atomic mass is 10.2. The van der Waals surface area contributed by atoms with Gasteiger partial charge in [-0.15, -0.1) is 0 Å². The van der Waals surface area contributed by atoms with Crippen molar-refractivity contribution in [1.82, 2.24) is 0 Å². The van der Waals surface area contributed by atoms with Gasteiger partial charge in [-0.25, -0.2) is 9.18 Å². The Morgan fingerprint density at radius 3 is 2.41 bits per heavy atom. The highest BCUT2D eigenvalue weighted by Crippen LogP contribution is 2.08. The molecule has 0 aliphatic carbocycles. The molecule has 0 aromatic heterocycles. The number of methoxy groups -OCH3 is 1. The van der Waals surface area contributed by atoms with E-state index in [4.69, 9.17) is 4.74 Å². The maximum Gasteiger partial charge on any atom is 0.338 e. The Bertz CT molecular complexity index is 399. The van der Waals surface area contributed by atoms with Crippen LogP contribution in [0.3, 0.4) is 0 Å². The van der Waals surface area contributed by atoms with E-state index in [9.17, 15) is 14.0 Å². The highest BCUT2D eigenvalue weighted by molar-refractivity contribution is 5.89. The summed E-state index contributed by atoms with van der Waals surface area (Å²) < 4.78 is 22.0. The minimum absolute atomic E-state index is 0.0105. The van der Waals surface area contributed by atoms with E-state index in [2.05, 4.69) is 4.74 Å². The third-order valence-corrected chi connectivity index (χ3v) is 2.07. The van der Waals surface area contributed by atoms with Crippen LogP contribution in [0.15, 0.2) is 24.3 Å². The summed E-state index contributed by atoms with van der Waals surface area (Å²) in [6, 6.07) is 4.98. The lowest BCUT2D eigenvalue weighted by Crippen LogP contribution is -2.19. The summed E-state index contributed by atoms with van der Waals surface area (Å²) in [5.74, 6) is -1.48. The fraction of sp³-hybridized carbons (Fsp3) is 0.333. The van der Waals surface area contributed by atoms with E-state index in [0.717, 1.165) is 0 Å². The van der Waals surface area contributed by atoms with Gasteiger partial charge in [-0.1, -0.05) is 0 Å². The average Bonchev–Trinajstić information content (AvgIpc) is 2.29. The van der Waals surface area contributed by atoms with Gasteiger partial charge in [-0.2, -0.15) is 0 Å². The summed E-state index contributed by atoms with van der Waals surface area (Å²) in [5, 5.41) is 0. The number of hydrogen-bond donors (Lipinski definition) is 0. The van der Waals surface area contributed by atoms with Crippen molar-refractivity contribution < 1.29 is 23.5 Å². The molecule has 0 bridgehead atoms. The lowest BCUT2D eigenvalue weighted by molar-refractivity contribution is -0.142. The molecule has 0 saturated carbocycles. The number of ether oxygens (including phenoxy) is 2. The fourth-order valence-corrected chi connectivity index (χ4v) is 1.20. The number of rotatable bonds is 4. The Labute approximate surface area is 98.3 Å². The zero-order valence-electron chi connectivity index (χ0n) is 9.60. The predicted octanol–water partition coefficient (Wildman–Crippen LogP) is 1.93. The van der Waals surface area contributed by atoms with Gasteiger partial charge in [-0.3, -0.25) is 4.79 Å². The van der Waals surface area contributed by atoms with E-state index in [1.807, 2.05) is 0 Å². The number of esters is 2. The van der Waals surface area contributed by atoms with Crippen LogP contribution in [0, 0.1) is 5.82 Å². The van der Waals surface area contributed by atoms with Crippen LogP contribution in [0.4, 0.5) is 4.39 Å². The Kier molecular flexibility index (Phi) is 4.63. The van der Waals surface area contributed by atoms with E-state index in [1.165, 1.54) is 31.4 Å². The van der Waals surface area contributed by atoms with E-state index < -0.39 is 23.9 Å². The van der Waals surface area contributed by atoms with Crippen molar-refractivity contribution in [1.29, 1.82) is 0 Å². The monoisotopic (exact) mass is 240 g/mol. The van der Waals surface area contributed by atoms with Crippen LogP contribution in [0.2, 0.25) is 0 Å². The quantitative estimate of drug-likeness (QED) is 0.754. The third-order valence-electron chi connectivity index (χ3n) is 2.07. The van der Waals surface area contributed by atoms with Gasteiger partial charge in [0.1, 0.15) is 11.9 Å². The molecule has 1 aromatic carbocycles. The maximum absolute atomic E-state index is 12.6. The first-order valence-corrected chi connectivity index (χ1v) is 5.06. The second kappa shape index (κ2) is 5.98. The molecule has 0 amide bonds. The molecular weight excluding hydrogens is 227 g/mol. The Morgan fingerprint density at radius 2 is 1.88 bits per heavy atom. The van der Waals surface area contributed by atoms with Crippen molar-refractivity contribution in [3.05, 3.63) is 35.6 Å². The molecule has 0 radical (unpaired) electrons. The maximum atomic E-state index is 12.6. The van der Waals surface area contributed by atoms with Gasteiger partial charge in [0, 0.05) is 0 Å². The van der Waals surface area contributed by atoms with Crippen LogP contribution in [-0.2, 0) is 14.3 Å². The first-order valence-electron chi connectivity index (χ1n) is 5.06. The summed E-state index contributed by atoms with van der Waals surface area (Å²) in [7, 11) is 1.26. The van der Waals surface area contributed by atoms with Gasteiger partial charge >= 0.3 is 11.9 Å². The van der Waals surface area contributed by atoms with E-state index >= 15 is 0 Å². The first-order chi connectivity index (χ1) is 8.02. The van der Waals surface area contributed by atoms with Gasteiger partial charge in [0.05, 0.1) is 19.1 Å². The van der Waals surface area contributed by atoms with E-state index in [1.54, 1.807) is 6.92 Å².